The third-order valence-electron chi connectivity index (χ3n) is 2.48. The van der Waals surface area contributed by atoms with Crippen molar-refractivity contribution >= 4 is 16.7 Å². The summed E-state index contributed by atoms with van der Waals surface area (Å²) < 4.78 is 9.01. The molecule has 0 aromatic carbocycles. The second-order valence-electron chi connectivity index (χ2n) is 3.53. The van der Waals surface area contributed by atoms with Gasteiger partial charge in [0.05, 0.1) is 19.3 Å². The third-order valence-corrected chi connectivity index (χ3v) is 3.08. The van der Waals surface area contributed by atoms with Crippen LogP contribution in [0.1, 0.15) is 0 Å². The zero-order valence-corrected chi connectivity index (χ0v) is 9.17. The number of anilines is 1. The SMILES string of the molecule is OC[C@H]1OC[C@H](Nc2ncns2)[C@@H](O)[C@H]1O. The van der Waals surface area contributed by atoms with Gasteiger partial charge in [0.1, 0.15) is 24.6 Å². The molecule has 90 valence electrons. The second kappa shape index (κ2) is 5.02. The molecule has 16 heavy (non-hydrogen) atoms. The van der Waals surface area contributed by atoms with Crippen molar-refractivity contribution in [1.29, 1.82) is 0 Å². The Hall–Kier alpha value is -0.800. The second-order valence-corrected chi connectivity index (χ2v) is 4.31. The molecule has 1 aromatic heterocycles. The number of hydrogen-bond donors (Lipinski definition) is 4. The maximum Gasteiger partial charge on any atom is 0.202 e. The molecular weight excluding hydrogens is 234 g/mol. The fourth-order valence-corrected chi connectivity index (χ4v) is 2.06. The van der Waals surface area contributed by atoms with Gasteiger partial charge in [-0.2, -0.15) is 4.37 Å². The van der Waals surface area contributed by atoms with Gasteiger partial charge in [0, 0.05) is 11.5 Å². The van der Waals surface area contributed by atoms with Gasteiger partial charge in [-0.1, -0.05) is 0 Å². The van der Waals surface area contributed by atoms with E-state index in [4.69, 9.17) is 9.84 Å². The highest BCUT2D eigenvalue weighted by Gasteiger charge is 2.38. The number of aliphatic hydroxyl groups excluding tert-OH is 3. The summed E-state index contributed by atoms with van der Waals surface area (Å²) in [5.41, 5.74) is 0. The van der Waals surface area contributed by atoms with E-state index in [0.29, 0.717) is 5.13 Å². The van der Waals surface area contributed by atoms with E-state index in [-0.39, 0.29) is 13.2 Å². The van der Waals surface area contributed by atoms with E-state index in [1.165, 1.54) is 6.33 Å². The number of nitrogens with zero attached hydrogens (tertiary/aromatic N) is 2. The van der Waals surface area contributed by atoms with Crippen LogP contribution in [0.4, 0.5) is 5.13 Å². The maximum atomic E-state index is 9.79. The topological polar surface area (TPSA) is 108 Å². The minimum absolute atomic E-state index is 0.197. The molecule has 0 saturated carbocycles. The monoisotopic (exact) mass is 247 g/mol. The van der Waals surface area contributed by atoms with Crippen molar-refractivity contribution in [3.63, 3.8) is 0 Å². The van der Waals surface area contributed by atoms with Crippen molar-refractivity contribution < 1.29 is 20.1 Å². The zero-order chi connectivity index (χ0) is 11.5. The van der Waals surface area contributed by atoms with Gasteiger partial charge < -0.3 is 25.4 Å². The third kappa shape index (κ3) is 2.30. The first-order valence-electron chi connectivity index (χ1n) is 4.84. The van der Waals surface area contributed by atoms with E-state index >= 15 is 0 Å². The van der Waals surface area contributed by atoms with Crippen LogP contribution in [0.3, 0.4) is 0 Å². The number of hydrogen-bond acceptors (Lipinski definition) is 8. The van der Waals surface area contributed by atoms with Gasteiger partial charge in [-0.15, -0.1) is 0 Å². The highest BCUT2D eigenvalue weighted by atomic mass is 32.1. The molecular formula is C8H13N3O4S. The van der Waals surface area contributed by atoms with Gasteiger partial charge in [0.2, 0.25) is 5.13 Å². The van der Waals surface area contributed by atoms with Crippen LogP contribution in [-0.2, 0) is 4.74 Å². The summed E-state index contributed by atoms with van der Waals surface area (Å²) in [5.74, 6) is 0. The molecule has 2 rings (SSSR count). The van der Waals surface area contributed by atoms with Gasteiger partial charge in [-0.3, -0.25) is 0 Å². The highest BCUT2D eigenvalue weighted by molar-refractivity contribution is 7.09. The Bertz CT molecular complexity index is 323. The first kappa shape index (κ1) is 11.7. The molecule has 1 fully saturated rings. The van der Waals surface area contributed by atoms with Gasteiger partial charge >= 0.3 is 0 Å². The molecule has 0 bridgehead atoms. The Balaban J connectivity index is 1.97. The maximum absolute atomic E-state index is 9.79. The lowest BCUT2D eigenvalue weighted by Gasteiger charge is -2.36. The Morgan fingerprint density at radius 2 is 2.31 bits per heavy atom. The number of aromatic nitrogens is 2. The average Bonchev–Trinajstić information content (AvgIpc) is 2.78. The molecule has 0 spiro atoms. The van der Waals surface area contributed by atoms with E-state index in [2.05, 4.69) is 14.7 Å². The van der Waals surface area contributed by atoms with E-state index in [1.807, 2.05) is 0 Å². The van der Waals surface area contributed by atoms with Gasteiger partial charge in [-0.25, -0.2) is 4.98 Å². The van der Waals surface area contributed by atoms with Crippen molar-refractivity contribution in [2.24, 2.45) is 0 Å². The number of nitrogens with one attached hydrogen (secondary N) is 1. The summed E-state index contributed by atoms with van der Waals surface area (Å²) in [4.78, 5) is 3.91. The average molecular weight is 247 g/mol. The zero-order valence-electron chi connectivity index (χ0n) is 8.35. The summed E-state index contributed by atoms with van der Waals surface area (Å²) in [5, 5.41) is 31.8. The molecule has 1 aliphatic rings. The summed E-state index contributed by atoms with van der Waals surface area (Å²) in [6, 6.07) is -0.453. The quantitative estimate of drug-likeness (QED) is 0.511. The summed E-state index contributed by atoms with van der Waals surface area (Å²) in [7, 11) is 0. The highest BCUT2D eigenvalue weighted by Crippen LogP contribution is 2.19. The van der Waals surface area contributed by atoms with Gasteiger partial charge in [0.25, 0.3) is 0 Å². The van der Waals surface area contributed by atoms with Crippen LogP contribution in [0.25, 0.3) is 0 Å². The lowest BCUT2D eigenvalue weighted by Crippen LogP contribution is -2.56. The fourth-order valence-electron chi connectivity index (χ4n) is 1.57. The van der Waals surface area contributed by atoms with E-state index in [1.54, 1.807) is 0 Å². The van der Waals surface area contributed by atoms with Crippen molar-refractivity contribution in [3.8, 4) is 0 Å². The van der Waals surface area contributed by atoms with E-state index in [9.17, 15) is 10.2 Å². The smallest absolute Gasteiger partial charge is 0.202 e. The van der Waals surface area contributed by atoms with Gasteiger partial charge in [0.15, 0.2) is 0 Å². The van der Waals surface area contributed by atoms with Crippen molar-refractivity contribution in [2.75, 3.05) is 18.5 Å². The fraction of sp³-hybridized carbons (Fsp3) is 0.750. The summed E-state index contributed by atoms with van der Waals surface area (Å²) in [6.45, 7) is -0.118. The van der Waals surface area contributed by atoms with Crippen LogP contribution >= 0.6 is 11.5 Å². The lowest BCUT2D eigenvalue weighted by atomic mass is 9.99. The lowest BCUT2D eigenvalue weighted by molar-refractivity contribution is -0.152. The first-order valence-corrected chi connectivity index (χ1v) is 5.61. The van der Waals surface area contributed by atoms with Crippen LogP contribution < -0.4 is 5.32 Å². The molecule has 1 aromatic rings. The van der Waals surface area contributed by atoms with E-state index in [0.717, 1.165) is 11.5 Å². The predicted molar refractivity (Wildman–Crippen MR) is 56.2 cm³/mol. The molecule has 0 radical (unpaired) electrons. The Morgan fingerprint density at radius 1 is 1.50 bits per heavy atom. The van der Waals surface area contributed by atoms with Crippen molar-refractivity contribution in [1.82, 2.24) is 9.36 Å². The molecule has 1 saturated heterocycles. The Morgan fingerprint density at radius 3 is 2.94 bits per heavy atom. The molecule has 7 nitrogen and oxygen atoms in total. The number of aliphatic hydroxyl groups is 3. The summed E-state index contributed by atoms with van der Waals surface area (Å²) >= 11 is 1.16. The van der Waals surface area contributed by atoms with Crippen LogP contribution in [0.2, 0.25) is 0 Å². The molecule has 2 heterocycles. The molecule has 4 N–H and O–H groups in total. The van der Waals surface area contributed by atoms with Crippen LogP contribution in [0, 0.1) is 0 Å². The summed E-state index contributed by atoms with van der Waals surface area (Å²) in [6.07, 6.45) is -1.45. The minimum Gasteiger partial charge on any atom is -0.394 e. The number of ether oxygens (including phenoxy) is 1. The van der Waals surface area contributed by atoms with Crippen LogP contribution in [0.5, 0.6) is 0 Å². The Labute approximate surface area is 95.9 Å². The molecule has 8 heteroatoms. The van der Waals surface area contributed by atoms with Gasteiger partial charge in [-0.05, 0) is 0 Å². The number of rotatable bonds is 3. The molecule has 0 amide bonds. The van der Waals surface area contributed by atoms with Crippen molar-refractivity contribution in [3.05, 3.63) is 6.33 Å². The van der Waals surface area contributed by atoms with Crippen molar-refractivity contribution in [2.45, 2.75) is 24.4 Å². The molecule has 4 atom stereocenters. The molecule has 0 unspecified atom stereocenters. The normalized spacial score (nSPS) is 34.9. The first-order chi connectivity index (χ1) is 7.72. The Kier molecular flexibility index (Phi) is 3.66. The minimum atomic E-state index is -1.11. The molecule has 0 aliphatic carbocycles. The largest absolute Gasteiger partial charge is 0.394 e. The van der Waals surface area contributed by atoms with Crippen LogP contribution in [-0.4, -0.2) is 62.2 Å². The van der Waals surface area contributed by atoms with E-state index < -0.39 is 24.4 Å². The predicted octanol–water partition coefficient (Wildman–Crippen LogP) is -1.57. The standard InChI is InChI=1S/C8H13N3O4S/c12-1-5-7(14)6(13)4(2-15-5)11-8-9-3-10-16-8/h3-7,12-14H,1-2H2,(H,9,10,11)/t4-,5+,6+,7-/m0/s1. The molecule has 1 aliphatic heterocycles. The van der Waals surface area contributed by atoms with Crippen LogP contribution in [0.15, 0.2) is 6.33 Å².